The van der Waals surface area contributed by atoms with E-state index in [0.29, 0.717) is 50.4 Å². The zero-order valence-electron chi connectivity index (χ0n) is 16.4. The minimum atomic E-state index is -0.773. The lowest BCUT2D eigenvalue weighted by atomic mass is 10.0. The third-order valence-electron chi connectivity index (χ3n) is 4.77. The molecule has 0 aromatic heterocycles. The molecule has 8 heteroatoms. The van der Waals surface area contributed by atoms with Crippen molar-refractivity contribution in [2.24, 2.45) is 5.73 Å². The summed E-state index contributed by atoms with van der Waals surface area (Å²) in [5.41, 5.74) is 6.58. The van der Waals surface area contributed by atoms with Gasteiger partial charge in [-0.15, -0.1) is 0 Å². The summed E-state index contributed by atoms with van der Waals surface area (Å²) in [6, 6.07) is 5.97. The zero-order chi connectivity index (χ0) is 20.7. The fraction of sp³-hybridized carbons (Fsp3) is 0.500. The summed E-state index contributed by atoms with van der Waals surface area (Å²) in [7, 11) is 0. The first-order valence-electron chi connectivity index (χ1n) is 9.44. The van der Waals surface area contributed by atoms with E-state index in [0.717, 1.165) is 0 Å². The molecule has 28 heavy (non-hydrogen) atoms. The smallest absolute Gasteiger partial charge is 0.252 e. The van der Waals surface area contributed by atoms with Crippen LogP contribution in [0.1, 0.15) is 41.0 Å². The lowest BCUT2D eigenvalue weighted by Crippen LogP contribution is -2.54. The van der Waals surface area contributed by atoms with Gasteiger partial charge in [-0.25, -0.2) is 0 Å². The molecule has 2 amide bonds. The number of nitrogens with two attached hydrogens (primary N) is 1. The van der Waals surface area contributed by atoms with E-state index in [4.69, 9.17) is 5.73 Å². The van der Waals surface area contributed by atoms with Crippen LogP contribution in [-0.4, -0.2) is 78.5 Å². The second-order valence-corrected chi connectivity index (χ2v) is 7.04. The Morgan fingerprint density at radius 3 is 2.21 bits per heavy atom. The topological polar surface area (TPSA) is 113 Å². The van der Waals surface area contributed by atoms with Crippen molar-refractivity contribution in [3.8, 4) is 0 Å². The van der Waals surface area contributed by atoms with Gasteiger partial charge in [0.1, 0.15) is 5.78 Å². The van der Waals surface area contributed by atoms with E-state index in [1.165, 1.54) is 13.8 Å². The number of ketones is 2. The van der Waals surface area contributed by atoms with Crippen molar-refractivity contribution in [3.63, 3.8) is 0 Å². The molecule has 0 bridgehead atoms. The lowest BCUT2D eigenvalue weighted by Gasteiger charge is -2.35. The number of rotatable bonds is 8. The first-order chi connectivity index (χ1) is 13.3. The van der Waals surface area contributed by atoms with Crippen LogP contribution in [0.4, 0.5) is 0 Å². The van der Waals surface area contributed by atoms with Crippen molar-refractivity contribution in [1.29, 1.82) is 0 Å². The van der Waals surface area contributed by atoms with E-state index < -0.39 is 6.04 Å². The van der Waals surface area contributed by atoms with Crippen LogP contribution >= 0.6 is 0 Å². The van der Waals surface area contributed by atoms with Gasteiger partial charge in [0.05, 0.1) is 11.6 Å². The highest BCUT2D eigenvalue weighted by Crippen LogP contribution is 2.09. The van der Waals surface area contributed by atoms with Crippen molar-refractivity contribution in [2.45, 2.75) is 26.3 Å². The molecule has 1 heterocycles. The molecule has 8 nitrogen and oxygen atoms in total. The van der Waals surface area contributed by atoms with Crippen LogP contribution in [0.15, 0.2) is 24.3 Å². The number of benzene rings is 1. The van der Waals surface area contributed by atoms with Crippen molar-refractivity contribution < 1.29 is 19.2 Å². The molecule has 1 aliphatic heterocycles. The Bertz CT molecular complexity index is 741. The largest absolute Gasteiger partial charge is 0.351 e. The molecule has 1 fully saturated rings. The number of carbonyl (C=O) groups is 4. The quantitative estimate of drug-likeness (QED) is 0.610. The molecular weight excluding hydrogens is 360 g/mol. The second kappa shape index (κ2) is 10.1. The number of hydrogen-bond acceptors (Lipinski definition) is 6. The van der Waals surface area contributed by atoms with Crippen LogP contribution < -0.4 is 11.1 Å². The molecular formula is C20H28N4O4. The van der Waals surface area contributed by atoms with E-state index in [1.807, 2.05) is 0 Å². The van der Waals surface area contributed by atoms with Gasteiger partial charge >= 0.3 is 0 Å². The minimum Gasteiger partial charge on any atom is -0.351 e. The van der Waals surface area contributed by atoms with Gasteiger partial charge in [-0.2, -0.15) is 0 Å². The van der Waals surface area contributed by atoms with E-state index in [1.54, 1.807) is 29.2 Å². The van der Waals surface area contributed by atoms with Gasteiger partial charge in [-0.05, 0) is 19.9 Å². The summed E-state index contributed by atoms with van der Waals surface area (Å²) in [6.07, 6.45) is 0.0623. The molecule has 1 aromatic carbocycles. The highest BCUT2D eigenvalue weighted by molar-refractivity contribution is 6.07. The number of piperazine rings is 1. The molecule has 0 spiro atoms. The lowest BCUT2D eigenvalue weighted by molar-refractivity contribution is -0.136. The minimum absolute atomic E-state index is 0.0623. The summed E-state index contributed by atoms with van der Waals surface area (Å²) in [5, 5.41) is 2.84. The zero-order valence-corrected chi connectivity index (χ0v) is 16.4. The van der Waals surface area contributed by atoms with Gasteiger partial charge < -0.3 is 16.0 Å². The predicted molar refractivity (Wildman–Crippen MR) is 105 cm³/mol. The van der Waals surface area contributed by atoms with Crippen LogP contribution in [0, 0.1) is 0 Å². The van der Waals surface area contributed by atoms with Crippen LogP contribution in [0.2, 0.25) is 0 Å². The Kier molecular flexibility index (Phi) is 7.83. The second-order valence-electron chi connectivity index (χ2n) is 7.04. The first-order valence-corrected chi connectivity index (χ1v) is 9.44. The number of nitrogens with one attached hydrogen (secondary N) is 1. The molecule has 3 N–H and O–H groups in total. The molecule has 0 saturated carbocycles. The summed E-state index contributed by atoms with van der Waals surface area (Å²) >= 11 is 0. The molecule has 1 atom stereocenters. The Morgan fingerprint density at radius 1 is 1.04 bits per heavy atom. The highest BCUT2D eigenvalue weighted by atomic mass is 16.2. The van der Waals surface area contributed by atoms with Crippen LogP contribution in [0.3, 0.4) is 0 Å². The summed E-state index contributed by atoms with van der Waals surface area (Å²) in [6.45, 7) is 6.41. The van der Waals surface area contributed by atoms with Gasteiger partial charge in [0.2, 0.25) is 5.91 Å². The van der Waals surface area contributed by atoms with Crippen LogP contribution in [-0.2, 0) is 9.59 Å². The highest BCUT2D eigenvalue weighted by Gasteiger charge is 2.25. The fourth-order valence-corrected chi connectivity index (χ4v) is 3.23. The average molecular weight is 388 g/mol. The number of amides is 2. The number of nitrogens with zero attached hydrogens (tertiary/aromatic N) is 2. The van der Waals surface area contributed by atoms with Gasteiger partial charge in [-0.3, -0.25) is 24.1 Å². The van der Waals surface area contributed by atoms with Gasteiger partial charge in [-0.1, -0.05) is 18.2 Å². The maximum absolute atomic E-state index is 12.3. The Hall–Kier alpha value is -2.58. The van der Waals surface area contributed by atoms with Crippen LogP contribution in [0.5, 0.6) is 0 Å². The molecule has 152 valence electrons. The van der Waals surface area contributed by atoms with E-state index >= 15 is 0 Å². The van der Waals surface area contributed by atoms with Crippen molar-refractivity contribution in [2.75, 3.05) is 39.3 Å². The van der Waals surface area contributed by atoms with E-state index in [9.17, 15) is 19.2 Å². The van der Waals surface area contributed by atoms with Crippen molar-refractivity contribution in [3.05, 3.63) is 35.4 Å². The van der Waals surface area contributed by atoms with Crippen molar-refractivity contribution in [1.82, 2.24) is 15.1 Å². The SMILES string of the molecule is CC(=O)CC(N)C(=O)N1CCN(CCNC(=O)c2ccccc2C(C)=O)CC1. The number of carbonyl (C=O) groups excluding carboxylic acids is 4. The summed E-state index contributed by atoms with van der Waals surface area (Å²) in [4.78, 5) is 51.2. The number of Topliss-reactive ketones (excluding diaryl/α,β-unsaturated/α-hetero) is 2. The third-order valence-corrected chi connectivity index (χ3v) is 4.77. The third kappa shape index (κ3) is 5.97. The summed E-state index contributed by atoms with van der Waals surface area (Å²) in [5.74, 6) is -0.699. The Morgan fingerprint density at radius 2 is 1.64 bits per heavy atom. The monoisotopic (exact) mass is 388 g/mol. The molecule has 1 unspecified atom stereocenters. The molecule has 2 rings (SSSR count). The van der Waals surface area contributed by atoms with E-state index in [2.05, 4.69) is 10.2 Å². The van der Waals surface area contributed by atoms with Gasteiger partial charge in [0.15, 0.2) is 5.78 Å². The molecule has 1 aromatic rings. The maximum Gasteiger partial charge on any atom is 0.252 e. The molecule has 0 radical (unpaired) electrons. The Labute approximate surface area is 165 Å². The van der Waals surface area contributed by atoms with Crippen LogP contribution in [0.25, 0.3) is 0 Å². The van der Waals surface area contributed by atoms with E-state index in [-0.39, 0.29) is 29.8 Å². The standard InChI is InChI=1S/C20H28N4O4/c1-14(25)13-18(21)20(28)24-11-9-23(10-12-24)8-7-22-19(27)17-6-4-3-5-16(17)15(2)26/h3-6,18H,7-13,21H2,1-2H3,(H,22,27). The Balaban J connectivity index is 1.76. The molecule has 1 saturated heterocycles. The molecule has 1 aliphatic rings. The predicted octanol–water partition coefficient (Wildman–Crippen LogP) is 0.0696. The molecule has 0 aliphatic carbocycles. The van der Waals surface area contributed by atoms with Gasteiger partial charge in [0, 0.05) is 51.3 Å². The van der Waals surface area contributed by atoms with Gasteiger partial charge in [0.25, 0.3) is 5.91 Å². The number of hydrogen-bond donors (Lipinski definition) is 2. The first kappa shape index (κ1) is 21.7. The summed E-state index contributed by atoms with van der Waals surface area (Å²) < 4.78 is 0. The average Bonchev–Trinajstić information content (AvgIpc) is 2.67. The maximum atomic E-state index is 12.3. The normalized spacial score (nSPS) is 15.8. The van der Waals surface area contributed by atoms with Crippen molar-refractivity contribution >= 4 is 23.4 Å². The fourth-order valence-electron chi connectivity index (χ4n) is 3.23.